The van der Waals surface area contributed by atoms with Crippen LogP contribution in [0.2, 0.25) is 0 Å². The fraction of sp³-hybridized carbons (Fsp3) is 0.618. The first-order chi connectivity index (χ1) is 21.5. The van der Waals surface area contributed by atoms with Crippen LogP contribution in [0.3, 0.4) is 0 Å². The summed E-state index contributed by atoms with van der Waals surface area (Å²) in [5, 5.41) is 3.62. The van der Waals surface area contributed by atoms with Gasteiger partial charge in [0.1, 0.15) is 18.2 Å². The summed E-state index contributed by atoms with van der Waals surface area (Å²) in [6, 6.07) is 4.72. The van der Waals surface area contributed by atoms with Crippen LogP contribution in [0, 0.1) is 5.41 Å². The van der Waals surface area contributed by atoms with E-state index >= 15 is 0 Å². The first kappa shape index (κ1) is 27.8. The predicted molar refractivity (Wildman–Crippen MR) is 166 cm³/mol. The van der Waals surface area contributed by atoms with E-state index in [1.54, 1.807) is 26.7 Å². The van der Waals surface area contributed by atoms with Crippen molar-refractivity contribution < 1.29 is 9.53 Å². The van der Waals surface area contributed by atoms with Gasteiger partial charge in [0.05, 0.1) is 18.5 Å². The van der Waals surface area contributed by atoms with Crippen LogP contribution in [0.25, 0.3) is 11.4 Å². The molecule has 0 radical (unpaired) electrons. The predicted octanol–water partition coefficient (Wildman–Crippen LogP) is 5.53. The summed E-state index contributed by atoms with van der Waals surface area (Å²) in [4.78, 5) is 42.3. The second kappa shape index (κ2) is 10.7. The van der Waals surface area contributed by atoms with Gasteiger partial charge in [-0.05, 0) is 93.6 Å². The molecule has 0 aromatic carbocycles. The smallest absolute Gasteiger partial charge is 0.227 e. The third-order valence-electron chi connectivity index (χ3n) is 11.2. The van der Waals surface area contributed by atoms with Gasteiger partial charge in [0.25, 0.3) is 0 Å². The highest BCUT2D eigenvalue weighted by Crippen LogP contribution is 2.63. The zero-order chi connectivity index (χ0) is 29.9. The van der Waals surface area contributed by atoms with E-state index in [-0.39, 0.29) is 16.7 Å². The van der Waals surface area contributed by atoms with E-state index in [0.29, 0.717) is 35.4 Å². The Hall–Kier alpha value is -3.69. The Balaban J connectivity index is 1.02. The summed E-state index contributed by atoms with van der Waals surface area (Å²) in [7, 11) is 1.63. The number of anilines is 1. The SMILES string of the molecule is COc1ncnc(C2CC2)c1-c1ncnc(NCC23CCC(c4nc(C5CC5)ccc4C4CCN(C(C)=O)CC4)(CC2)C3)n1. The minimum Gasteiger partial charge on any atom is -0.480 e. The van der Waals surface area contributed by atoms with E-state index in [4.69, 9.17) is 14.7 Å². The number of hydrogen-bond donors (Lipinski definition) is 1. The first-order valence-corrected chi connectivity index (χ1v) is 16.5. The van der Waals surface area contributed by atoms with E-state index in [9.17, 15) is 4.79 Å². The van der Waals surface area contributed by atoms with Crippen LogP contribution in [-0.2, 0) is 10.2 Å². The average Bonchev–Trinajstić information content (AvgIpc) is 4.01. The molecule has 1 amide bonds. The summed E-state index contributed by atoms with van der Waals surface area (Å²) in [6.45, 7) is 4.23. The third-order valence-corrected chi connectivity index (χ3v) is 11.2. The second-order valence-electron chi connectivity index (χ2n) is 14.1. The lowest BCUT2D eigenvalue weighted by atomic mass is 9.75. The Kier molecular flexibility index (Phi) is 6.79. The second-order valence-corrected chi connectivity index (χ2v) is 14.1. The number of rotatable bonds is 9. The van der Waals surface area contributed by atoms with Gasteiger partial charge in [0.15, 0.2) is 5.82 Å². The van der Waals surface area contributed by atoms with Crippen molar-refractivity contribution in [2.24, 2.45) is 5.41 Å². The lowest BCUT2D eigenvalue weighted by Crippen LogP contribution is -2.37. The number of carbonyl (C=O) groups is 1. The number of likely N-dealkylation sites (tertiary alicyclic amines) is 1. The monoisotopic (exact) mass is 594 g/mol. The molecule has 5 fully saturated rings. The zero-order valence-electron chi connectivity index (χ0n) is 25.9. The molecule has 1 N–H and O–H groups in total. The molecule has 1 saturated heterocycles. The molecule has 3 aromatic heterocycles. The molecule has 1 aliphatic heterocycles. The molecule has 0 atom stereocenters. The summed E-state index contributed by atoms with van der Waals surface area (Å²) < 4.78 is 5.59. The number of carbonyl (C=O) groups excluding carboxylic acids is 1. The molecule has 10 heteroatoms. The van der Waals surface area contributed by atoms with E-state index in [1.165, 1.54) is 55.5 Å². The van der Waals surface area contributed by atoms with Crippen molar-refractivity contribution >= 4 is 11.9 Å². The van der Waals surface area contributed by atoms with Gasteiger partial charge in [-0.1, -0.05) is 6.07 Å². The number of hydrogen-bond acceptors (Lipinski definition) is 9. The zero-order valence-corrected chi connectivity index (χ0v) is 25.9. The van der Waals surface area contributed by atoms with E-state index < -0.39 is 0 Å². The summed E-state index contributed by atoms with van der Waals surface area (Å²) in [6.07, 6.45) is 15.8. The maximum absolute atomic E-state index is 12.0. The van der Waals surface area contributed by atoms with Crippen LogP contribution in [0.1, 0.15) is 118 Å². The van der Waals surface area contributed by atoms with Gasteiger partial charge in [-0.2, -0.15) is 4.98 Å². The molecule has 0 unspecified atom stereocenters. The molecule has 230 valence electrons. The molecule has 4 saturated carbocycles. The standard InChI is InChI=1S/C34H42N8O2/c1-21(43)42-15-9-22(10-16-42)25-7-8-26(23-3-4-23)40-29(25)34-13-11-33(17-34,12-14-34)18-35-32-39-20-37-30(41-32)27-28(24-5-6-24)36-19-38-31(27)44-2/h7-8,19-20,22-24H,3-6,9-18H2,1-2H3,(H,35,37,39,41). The number of methoxy groups -OCH3 is 1. The molecule has 0 spiro atoms. The van der Waals surface area contributed by atoms with E-state index in [0.717, 1.165) is 63.0 Å². The molecule has 5 aliphatic rings. The molecular formula is C34H42N8O2. The van der Waals surface area contributed by atoms with Gasteiger partial charge in [0.2, 0.25) is 17.7 Å². The maximum atomic E-state index is 12.0. The Morgan fingerprint density at radius 2 is 1.66 bits per heavy atom. The minimum atomic E-state index is 0.137. The molecule has 2 bridgehead atoms. The summed E-state index contributed by atoms with van der Waals surface area (Å²) in [5.74, 6) is 3.39. The van der Waals surface area contributed by atoms with Crippen molar-refractivity contribution in [3.8, 4) is 17.3 Å². The number of piperidine rings is 1. The fourth-order valence-electron chi connectivity index (χ4n) is 8.42. The quantitative estimate of drug-likeness (QED) is 0.341. The molecule has 44 heavy (non-hydrogen) atoms. The number of pyridine rings is 1. The van der Waals surface area contributed by atoms with E-state index in [2.05, 4.69) is 37.4 Å². The van der Waals surface area contributed by atoms with Crippen molar-refractivity contribution in [3.05, 3.63) is 47.4 Å². The summed E-state index contributed by atoms with van der Waals surface area (Å²) >= 11 is 0. The molecule has 8 rings (SSSR count). The Bertz CT molecular complexity index is 1570. The fourth-order valence-corrected chi connectivity index (χ4v) is 8.42. The molecule has 4 aliphatic carbocycles. The molecule has 3 aromatic rings. The van der Waals surface area contributed by atoms with Crippen molar-refractivity contribution in [1.29, 1.82) is 0 Å². The number of amides is 1. The lowest BCUT2D eigenvalue weighted by Gasteiger charge is -2.35. The van der Waals surface area contributed by atoms with Gasteiger partial charge in [-0.25, -0.2) is 19.9 Å². The Morgan fingerprint density at radius 1 is 0.909 bits per heavy atom. The van der Waals surface area contributed by atoms with Crippen LogP contribution in [0.4, 0.5) is 5.95 Å². The van der Waals surface area contributed by atoms with Gasteiger partial charge in [0, 0.05) is 49.5 Å². The number of aromatic nitrogens is 6. The molecule has 4 heterocycles. The van der Waals surface area contributed by atoms with Gasteiger partial charge < -0.3 is 15.0 Å². The topological polar surface area (TPSA) is 119 Å². The van der Waals surface area contributed by atoms with Gasteiger partial charge >= 0.3 is 0 Å². The van der Waals surface area contributed by atoms with Crippen molar-refractivity contribution in [1.82, 2.24) is 34.8 Å². The normalized spacial score (nSPS) is 26.6. The van der Waals surface area contributed by atoms with E-state index in [1.807, 2.05) is 4.90 Å². The van der Waals surface area contributed by atoms with Crippen LogP contribution in [0.15, 0.2) is 24.8 Å². The van der Waals surface area contributed by atoms with Crippen LogP contribution in [0.5, 0.6) is 5.88 Å². The Labute approximate surface area is 258 Å². The average molecular weight is 595 g/mol. The van der Waals surface area contributed by atoms with Crippen molar-refractivity contribution in [2.75, 3.05) is 32.1 Å². The number of fused-ring (bicyclic) bond motifs is 2. The van der Waals surface area contributed by atoms with Gasteiger partial charge in [-0.3, -0.25) is 9.78 Å². The van der Waals surface area contributed by atoms with Crippen LogP contribution in [-0.4, -0.2) is 67.5 Å². The highest BCUT2D eigenvalue weighted by Gasteiger charge is 2.56. The molecular weight excluding hydrogens is 552 g/mol. The summed E-state index contributed by atoms with van der Waals surface area (Å²) in [5.41, 5.74) is 6.22. The van der Waals surface area contributed by atoms with Gasteiger partial charge in [-0.15, -0.1) is 0 Å². The number of nitrogens with one attached hydrogen (secondary N) is 1. The number of ether oxygens (including phenoxy) is 1. The lowest BCUT2D eigenvalue weighted by molar-refractivity contribution is -0.129. The first-order valence-electron chi connectivity index (χ1n) is 16.5. The largest absolute Gasteiger partial charge is 0.480 e. The highest BCUT2D eigenvalue weighted by molar-refractivity contribution is 5.73. The highest BCUT2D eigenvalue weighted by atomic mass is 16.5. The minimum absolute atomic E-state index is 0.137. The third kappa shape index (κ3) is 5.00. The Morgan fingerprint density at radius 3 is 2.36 bits per heavy atom. The maximum Gasteiger partial charge on any atom is 0.227 e. The molecule has 10 nitrogen and oxygen atoms in total. The van der Waals surface area contributed by atoms with Crippen molar-refractivity contribution in [3.63, 3.8) is 0 Å². The van der Waals surface area contributed by atoms with Crippen LogP contribution >= 0.6 is 0 Å². The van der Waals surface area contributed by atoms with Crippen LogP contribution < -0.4 is 10.1 Å². The van der Waals surface area contributed by atoms with Crippen molar-refractivity contribution in [2.45, 2.75) is 101 Å². The number of nitrogens with zero attached hydrogens (tertiary/aromatic N) is 7.